The lowest BCUT2D eigenvalue weighted by Crippen LogP contribution is -2.00. The lowest BCUT2D eigenvalue weighted by Gasteiger charge is -2.12. The van der Waals surface area contributed by atoms with Crippen molar-refractivity contribution in [2.45, 2.75) is 0 Å². The molecule has 0 bridgehead atoms. The zero-order valence-corrected chi connectivity index (χ0v) is 36.8. The third kappa shape index (κ3) is 6.84. The average Bonchev–Trinajstić information content (AvgIpc) is 3.98. The summed E-state index contributed by atoms with van der Waals surface area (Å²) < 4.78 is 9.39. The SMILES string of the molecule is c1ccc(-c2ccc(-c3cccc(-n4c5ccccc5c5ccc6oc7c(-c8nc(-c9ccc(-c%10ccccc%10)cc9)nc(-c9cccc(-c%10ccccc%10)c9)n8)cccc7c6c54)c3)cc2)cc1. The van der Waals surface area contributed by atoms with Gasteiger partial charge in [-0.1, -0.05) is 200 Å². The molecular weight excluding hydrogens is 829 g/mol. The first-order chi connectivity index (χ1) is 33.7. The summed E-state index contributed by atoms with van der Waals surface area (Å²) in [5.74, 6) is 1.70. The molecule has 13 rings (SSSR count). The Morgan fingerprint density at radius 2 is 0.779 bits per heavy atom. The van der Waals surface area contributed by atoms with Gasteiger partial charge in [-0.3, -0.25) is 0 Å². The van der Waals surface area contributed by atoms with Crippen LogP contribution in [0, 0.1) is 0 Å². The zero-order chi connectivity index (χ0) is 45.0. The van der Waals surface area contributed by atoms with Gasteiger partial charge in [0.1, 0.15) is 11.2 Å². The molecule has 5 nitrogen and oxygen atoms in total. The van der Waals surface area contributed by atoms with Gasteiger partial charge in [0.05, 0.1) is 22.0 Å². The molecule has 10 aromatic carbocycles. The fraction of sp³-hybridized carbons (Fsp3) is 0. The number of para-hydroxylation sites is 2. The summed E-state index contributed by atoms with van der Waals surface area (Å²) >= 11 is 0. The normalized spacial score (nSPS) is 11.5. The Bertz CT molecular complexity index is 3990. The molecule has 0 aliphatic rings. The number of nitrogens with zero attached hydrogens (tertiary/aromatic N) is 4. The van der Waals surface area contributed by atoms with Gasteiger partial charge < -0.3 is 8.98 Å². The average molecular weight is 869 g/mol. The second kappa shape index (κ2) is 16.4. The molecule has 0 saturated carbocycles. The molecule has 3 heterocycles. The van der Waals surface area contributed by atoms with Gasteiger partial charge >= 0.3 is 0 Å². The summed E-state index contributed by atoms with van der Waals surface area (Å²) in [5, 5.41) is 4.35. The van der Waals surface area contributed by atoms with E-state index in [0.29, 0.717) is 17.5 Å². The van der Waals surface area contributed by atoms with Gasteiger partial charge in [0.2, 0.25) is 0 Å². The van der Waals surface area contributed by atoms with Crippen LogP contribution in [0.5, 0.6) is 0 Å². The molecule has 0 fully saturated rings. The van der Waals surface area contributed by atoms with Crippen LogP contribution < -0.4 is 0 Å². The van der Waals surface area contributed by atoms with Gasteiger partial charge in [-0.25, -0.2) is 15.0 Å². The van der Waals surface area contributed by atoms with Crippen LogP contribution in [-0.4, -0.2) is 19.5 Å². The fourth-order valence-electron chi connectivity index (χ4n) is 9.76. The molecule has 0 N–H and O–H groups in total. The van der Waals surface area contributed by atoms with Crippen LogP contribution in [0.1, 0.15) is 0 Å². The third-order valence-electron chi connectivity index (χ3n) is 13.1. The monoisotopic (exact) mass is 868 g/mol. The Labute approximate surface area is 392 Å². The molecule has 0 aliphatic heterocycles. The maximum atomic E-state index is 6.99. The van der Waals surface area contributed by atoms with Gasteiger partial charge in [0, 0.05) is 33.0 Å². The minimum atomic E-state index is 0.537. The van der Waals surface area contributed by atoms with Crippen molar-refractivity contribution >= 4 is 43.7 Å². The molecule has 0 spiro atoms. The van der Waals surface area contributed by atoms with Gasteiger partial charge in [-0.15, -0.1) is 0 Å². The van der Waals surface area contributed by atoms with E-state index < -0.39 is 0 Å². The van der Waals surface area contributed by atoms with E-state index in [9.17, 15) is 0 Å². The number of aromatic nitrogens is 4. The number of benzene rings is 10. The molecule has 0 atom stereocenters. The lowest BCUT2D eigenvalue weighted by atomic mass is 10.00. The molecule has 0 unspecified atom stereocenters. The maximum absolute atomic E-state index is 6.99. The Hall–Kier alpha value is -9.19. The maximum Gasteiger partial charge on any atom is 0.167 e. The largest absolute Gasteiger partial charge is 0.455 e. The quantitative estimate of drug-likeness (QED) is 0.153. The van der Waals surface area contributed by atoms with Gasteiger partial charge in [-0.2, -0.15) is 0 Å². The van der Waals surface area contributed by atoms with E-state index in [0.717, 1.165) is 94.1 Å². The van der Waals surface area contributed by atoms with E-state index in [1.807, 2.05) is 12.1 Å². The first-order valence-corrected chi connectivity index (χ1v) is 22.9. The summed E-state index contributed by atoms with van der Waals surface area (Å²) in [5.41, 5.74) is 16.6. The number of furan rings is 1. The summed E-state index contributed by atoms with van der Waals surface area (Å²) in [6.07, 6.45) is 0. The van der Waals surface area contributed by atoms with Crippen LogP contribution in [0.2, 0.25) is 0 Å². The van der Waals surface area contributed by atoms with Gasteiger partial charge in [0.25, 0.3) is 0 Å². The first kappa shape index (κ1) is 39.2. The molecular formula is C63H40N4O. The van der Waals surface area contributed by atoms with E-state index in [4.69, 9.17) is 19.4 Å². The Kier molecular flexibility index (Phi) is 9.43. The number of hydrogen-bond acceptors (Lipinski definition) is 4. The third-order valence-corrected chi connectivity index (χ3v) is 13.1. The van der Waals surface area contributed by atoms with Crippen molar-refractivity contribution in [1.82, 2.24) is 19.5 Å². The zero-order valence-electron chi connectivity index (χ0n) is 36.8. The van der Waals surface area contributed by atoms with Crippen molar-refractivity contribution in [2.24, 2.45) is 0 Å². The predicted octanol–water partition coefficient (Wildman–Crippen LogP) is 16.5. The standard InChI is InChI=1S/C63H40N4O/c1-4-15-41(16-5-1)44-29-31-46(32-30-44)49-22-13-24-51(40-49)67-56-28-11-10-25-52(56)53-37-38-57-58(59(53)67)54-26-14-27-55(60(54)68-57)63-65-61(47-35-33-45(34-36-47)42-17-6-2-7-18-42)64-62(66-63)50-23-12-21-48(39-50)43-19-8-3-9-20-43/h1-40H. The fourth-order valence-corrected chi connectivity index (χ4v) is 9.76. The van der Waals surface area contributed by atoms with Crippen molar-refractivity contribution in [1.29, 1.82) is 0 Å². The highest BCUT2D eigenvalue weighted by molar-refractivity contribution is 6.25. The van der Waals surface area contributed by atoms with E-state index in [-0.39, 0.29) is 0 Å². The van der Waals surface area contributed by atoms with Crippen molar-refractivity contribution in [2.75, 3.05) is 0 Å². The van der Waals surface area contributed by atoms with Crippen LogP contribution in [0.3, 0.4) is 0 Å². The number of hydrogen-bond donors (Lipinski definition) is 0. The Morgan fingerprint density at radius 3 is 1.46 bits per heavy atom. The van der Waals surface area contributed by atoms with Crippen molar-refractivity contribution in [3.8, 4) is 84.4 Å². The summed E-state index contributed by atoms with van der Waals surface area (Å²) in [7, 11) is 0. The van der Waals surface area contributed by atoms with Gasteiger partial charge in [0.15, 0.2) is 17.5 Å². The van der Waals surface area contributed by atoms with E-state index >= 15 is 0 Å². The van der Waals surface area contributed by atoms with Crippen molar-refractivity contribution < 1.29 is 4.42 Å². The Balaban J connectivity index is 0.984. The summed E-state index contributed by atoms with van der Waals surface area (Å²) in [4.78, 5) is 15.7. The predicted molar refractivity (Wildman–Crippen MR) is 279 cm³/mol. The van der Waals surface area contributed by atoms with E-state index in [1.54, 1.807) is 0 Å². The van der Waals surface area contributed by atoms with Crippen LogP contribution in [-0.2, 0) is 0 Å². The molecule has 0 radical (unpaired) electrons. The smallest absolute Gasteiger partial charge is 0.167 e. The first-order valence-electron chi connectivity index (χ1n) is 22.9. The van der Waals surface area contributed by atoms with Crippen LogP contribution in [0.4, 0.5) is 0 Å². The number of fused-ring (bicyclic) bond motifs is 7. The Morgan fingerprint density at radius 1 is 0.309 bits per heavy atom. The van der Waals surface area contributed by atoms with Crippen LogP contribution >= 0.6 is 0 Å². The van der Waals surface area contributed by atoms with E-state index in [1.165, 1.54) is 16.5 Å². The van der Waals surface area contributed by atoms with Crippen molar-refractivity contribution in [3.05, 3.63) is 243 Å². The molecule has 13 aromatic rings. The summed E-state index contributed by atoms with van der Waals surface area (Å²) in [6, 6.07) is 85.2. The summed E-state index contributed by atoms with van der Waals surface area (Å²) in [6.45, 7) is 0. The lowest BCUT2D eigenvalue weighted by molar-refractivity contribution is 0.669. The molecule has 0 aliphatic carbocycles. The minimum Gasteiger partial charge on any atom is -0.455 e. The molecule has 5 heteroatoms. The van der Waals surface area contributed by atoms with E-state index in [2.05, 4.69) is 235 Å². The molecule has 0 amide bonds. The molecule has 68 heavy (non-hydrogen) atoms. The van der Waals surface area contributed by atoms with Crippen LogP contribution in [0.15, 0.2) is 247 Å². The number of rotatable bonds is 8. The van der Waals surface area contributed by atoms with Crippen LogP contribution in [0.25, 0.3) is 128 Å². The highest BCUT2D eigenvalue weighted by atomic mass is 16.3. The molecule has 0 saturated heterocycles. The van der Waals surface area contributed by atoms with Gasteiger partial charge in [-0.05, 0) is 87.0 Å². The highest BCUT2D eigenvalue weighted by Crippen LogP contribution is 2.43. The molecule has 3 aromatic heterocycles. The highest BCUT2D eigenvalue weighted by Gasteiger charge is 2.23. The minimum absolute atomic E-state index is 0.537. The van der Waals surface area contributed by atoms with Crippen molar-refractivity contribution in [3.63, 3.8) is 0 Å². The molecule has 318 valence electrons. The second-order valence-corrected chi connectivity index (χ2v) is 17.2. The topological polar surface area (TPSA) is 56.7 Å². The second-order valence-electron chi connectivity index (χ2n) is 17.2.